The Morgan fingerprint density at radius 1 is 1.15 bits per heavy atom. The van der Waals surface area contributed by atoms with Gasteiger partial charge in [0.05, 0.1) is 0 Å². The number of likely N-dealkylation sites (tertiary alicyclic amines) is 1. The summed E-state index contributed by atoms with van der Waals surface area (Å²) in [4.78, 5) is 2.62. The molecule has 13 heavy (non-hydrogen) atoms. The maximum Gasteiger partial charge on any atom is 0.0172 e. The van der Waals surface area contributed by atoms with Gasteiger partial charge in [-0.1, -0.05) is 20.3 Å². The molecule has 0 aromatic heterocycles. The summed E-state index contributed by atoms with van der Waals surface area (Å²) in [5.41, 5.74) is 0.568. The van der Waals surface area contributed by atoms with Gasteiger partial charge in [0.25, 0.3) is 0 Å². The van der Waals surface area contributed by atoms with Gasteiger partial charge in [-0.05, 0) is 50.6 Å². The number of hydrogen-bond donors (Lipinski definition) is 0. The van der Waals surface area contributed by atoms with Crippen molar-refractivity contribution in [3.63, 3.8) is 0 Å². The average molecular weight is 181 g/mol. The van der Waals surface area contributed by atoms with Crippen LogP contribution in [-0.2, 0) is 0 Å². The van der Waals surface area contributed by atoms with Gasteiger partial charge in [0, 0.05) is 6.04 Å². The van der Waals surface area contributed by atoms with Gasteiger partial charge in [-0.15, -0.1) is 0 Å². The van der Waals surface area contributed by atoms with Crippen LogP contribution in [0.5, 0.6) is 0 Å². The molecule has 2 fully saturated rings. The molecule has 0 spiro atoms. The van der Waals surface area contributed by atoms with Crippen LogP contribution in [0.25, 0.3) is 0 Å². The predicted molar refractivity (Wildman–Crippen MR) is 56.8 cm³/mol. The molecule has 0 aromatic carbocycles. The molecule has 0 amide bonds. The fourth-order valence-electron chi connectivity index (χ4n) is 3.76. The molecule has 1 heteroatoms. The first-order valence-electron chi connectivity index (χ1n) is 5.81. The Morgan fingerprint density at radius 3 is 2.54 bits per heavy atom. The first-order chi connectivity index (χ1) is 6.11. The molecule has 2 unspecified atom stereocenters. The molecule has 1 heterocycles. The molecule has 2 rings (SSSR count). The largest absolute Gasteiger partial charge is 0.303 e. The molecule has 1 saturated heterocycles. The van der Waals surface area contributed by atoms with Crippen molar-refractivity contribution in [3.05, 3.63) is 0 Å². The van der Waals surface area contributed by atoms with Crippen LogP contribution in [0.3, 0.4) is 0 Å². The number of hydrogen-bond acceptors (Lipinski definition) is 1. The highest BCUT2D eigenvalue weighted by molar-refractivity contribution is 4.96. The van der Waals surface area contributed by atoms with Crippen LogP contribution < -0.4 is 0 Å². The number of piperidine rings is 1. The summed E-state index contributed by atoms with van der Waals surface area (Å²) in [6.07, 6.45) is 7.28. The third-order valence-electron chi connectivity index (χ3n) is 4.20. The second kappa shape index (κ2) is 3.27. The zero-order valence-corrected chi connectivity index (χ0v) is 9.34. The molecule has 0 radical (unpaired) electrons. The number of rotatable bonds is 0. The topological polar surface area (TPSA) is 3.24 Å². The molecule has 0 bridgehead atoms. The smallest absolute Gasteiger partial charge is 0.0172 e. The van der Waals surface area contributed by atoms with Crippen LogP contribution in [0.15, 0.2) is 0 Å². The Labute approximate surface area is 82.5 Å². The van der Waals surface area contributed by atoms with E-state index in [1.54, 1.807) is 0 Å². The maximum atomic E-state index is 2.62. The standard InChI is InChI=1S/C12H23N/c1-12(2)8-4-6-10-7-5-9-13(3)11(10)12/h10-11H,4-9H2,1-3H3. The minimum atomic E-state index is 0.568. The summed E-state index contributed by atoms with van der Waals surface area (Å²) in [6, 6.07) is 0.870. The lowest BCUT2D eigenvalue weighted by Crippen LogP contribution is -2.53. The second-order valence-corrected chi connectivity index (χ2v) is 5.71. The quantitative estimate of drug-likeness (QED) is 0.555. The third kappa shape index (κ3) is 1.63. The number of nitrogens with zero attached hydrogens (tertiary/aromatic N) is 1. The molecule has 76 valence electrons. The fourth-order valence-corrected chi connectivity index (χ4v) is 3.76. The second-order valence-electron chi connectivity index (χ2n) is 5.71. The molecule has 1 saturated carbocycles. The maximum absolute atomic E-state index is 2.62. The minimum absolute atomic E-state index is 0.568. The van der Waals surface area contributed by atoms with E-state index in [2.05, 4.69) is 25.8 Å². The van der Waals surface area contributed by atoms with E-state index in [1.807, 2.05) is 0 Å². The molecule has 1 nitrogen and oxygen atoms in total. The van der Waals surface area contributed by atoms with Crippen LogP contribution in [0, 0.1) is 11.3 Å². The lowest BCUT2D eigenvalue weighted by molar-refractivity contribution is -0.00841. The summed E-state index contributed by atoms with van der Waals surface area (Å²) in [6.45, 7) is 6.25. The van der Waals surface area contributed by atoms with Gasteiger partial charge in [-0.2, -0.15) is 0 Å². The van der Waals surface area contributed by atoms with Crippen molar-refractivity contribution in [2.24, 2.45) is 11.3 Å². The van der Waals surface area contributed by atoms with Gasteiger partial charge in [-0.3, -0.25) is 0 Å². The lowest BCUT2D eigenvalue weighted by atomic mass is 9.65. The van der Waals surface area contributed by atoms with Crippen molar-refractivity contribution in [2.45, 2.75) is 52.0 Å². The van der Waals surface area contributed by atoms with Crippen molar-refractivity contribution in [1.82, 2.24) is 4.90 Å². The van der Waals surface area contributed by atoms with Crippen LogP contribution >= 0.6 is 0 Å². The summed E-state index contributed by atoms with van der Waals surface area (Å²) in [5.74, 6) is 1.00. The first-order valence-corrected chi connectivity index (χ1v) is 5.81. The molecule has 1 aliphatic carbocycles. The van der Waals surface area contributed by atoms with E-state index in [0.717, 1.165) is 12.0 Å². The molecular weight excluding hydrogens is 158 g/mol. The van der Waals surface area contributed by atoms with Gasteiger partial charge in [0.15, 0.2) is 0 Å². The predicted octanol–water partition coefficient (Wildman–Crippen LogP) is 2.91. The van der Waals surface area contributed by atoms with Crippen LogP contribution in [0.4, 0.5) is 0 Å². The highest BCUT2D eigenvalue weighted by Crippen LogP contribution is 2.45. The normalized spacial score (nSPS) is 39.9. The lowest BCUT2D eigenvalue weighted by Gasteiger charge is -2.51. The van der Waals surface area contributed by atoms with Gasteiger partial charge in [0.1, 0.15) is 0 Å². The highest BCUT2D eigenvalue weighted by atomic mass is 15.2. The summed E-state index contributed by atoms with van der Waals surface area (Å²) in [7, 11) is 2.32. The SMILES string of the molecule is CN1CCCC2CCCC(C)(C)C21. The Hall–Kier alpha value is -0.0400. The molecule has 1 aliphatic heterocycles. The molecular formula is C12H23N. The van der Waals surface area contributed by atoms with Crippen molar-refractivity contribution in [3.8, 4) is 0 Å². The number of fused-ring (bicyclic) bond motifs is 1. The molecule has 2 atom stereocenters. The van der Waals surface area contributed by atoms with E-state index in [0.29, 0.717) is 5.41 Å². The summed E-state index contributed by atoms with van der Waals surface area (Å²) >= 11 is 0. The van der Waals surface area contributed by atoms with Gasteiger partial charge in [0.2, 0.25) is 0 Å². The fraction of sp³-hybridized carbons (Fsp3) is 1.00. The monoisotopic (exact) mass is 181 g/mol. The van der Waals surface area contributed by atoms with E-state index in [1.165, 1.54) is 38.6 Å². The van der Waals surface area contributed by atoms with Gasteiger partial charge >= 0.3 is 0 Å². The molecule has 2 aliphatic rings. The van der Waals surface area contributed by atoms with Gasteiger partial charge < -0.3 is 4.90 Å². The van der Waals surface area contributed by atoms with Crippen LogP contribution in [0.1, 0.15) is 46.0 Å². The first kappa shape index (κ1) is 9.51. The van der Waals surface area contributed by atoms with Crippen LogP contribution in [0.2, 0.25) is 0 Å². The molecule has 0 N–H and O–H groups in total. The average Bonchev–Trinajstić information content (AvgIpc) is 2.02. The zero-order chi connectivity index (χ0) is 9.47. The highest BCUT2D eigenvalue weighted by Gasteiger charge is 2.42. The van der Waals surface area contributed by atoms with E-state index in [-0.39, 0.29) is 0 Å². The molecule has 0 aromatic rings. The Morgan fingerprint density at radius 2 is 1.85 bits per heavy atom. The Bertz CT molecular complexity index is 184. The Balaban J connectivity index is 2.17. The summed E-state index contributed by atoms with van der Waals surface area (Å²) in [5, 5.41) is 0. The Kier molecular flexibility index (Phi) is 2.39. The van der Waals surface area contributed by atoms with E-state index < -0.39 is 0 Å². The van der Waals surface area contributed by atoms with E-state index in [4.69, 9.17) is 0 Å². The van der Waals surface area contributed by atoms with Gasteiger partial charge in [-0.25, -0.2) is 0 Å². The van der Waals surface area contributed by atoms with Crippen molar-refractivity contribution >= 4 is 0 Å². The third-order valence-corrected chi connectivity index (χ3v) is 4.20. The minimum Gasteiger partial charge on any atom is -0.303 e. The van der Waals surface area contributed by atoms with E-state index >= 15 is 0 Å². The van der Waals surface area contributed by atoms with Crippen molar-refractivity contribution in [1.29, 1.82) is 0 Å². The summed E-state index contributed by atoms with van der Waals surface area (Å²) < 4.78 is 0. The van der Waals surface area contributed by atoms with Crippen LogP contribution in [-0.4, -0.2) is 24.5 Å². The van der Waals surface area contributed by atoms with Crippen molar-refractivity contribution in [2.75, 3.05) is 13.6 Å². The van der Waals surface area contributed by atoms with E-state index in [9.17, 15) is 0 Å². The zero-order valence-electron chi connectivity index (χ0n) is 9.34. The van der Waals surface area contributed by atoms with Crippen molar-refractivity contribution < 1.29 is 0 Å².